The lowest BCUT2D eigenvalue weighted by Gasteiger charge is -2.25. The van der Waals surface area contributed by atoms with E-state index in [-0.39, 0.29) is 10.5 Å². The largest absolute Gasteiger partial charge is 0.478 e. The van der Waals surface area contributed by atoms with Gasteiger partial charge in [0.25, 0.3) is 0 Å². The van der Waals surface area contributed by atoms with Gasteiger partial charge in [-0.25, -0.2) is 17.9 Å². The molecule has 1 aliphatic heterocycles. The molecule has 1 aromatic carbocycles. The summed E-state index contributed by atoms with van der Waals surface area (Å²) in [5, 5.41) is 8.90. The Hall–Kier alpha value is -1.09. The van der Waals surface area contributed by atoms with Crippen LogP contribution in [-0.4, -0.2) is 62.1 Å². The second-order valence-corrected chi connectivity index (χ2v) is 7.68. The second-order valence-electron chi connectivity index (χ2n) is 4.68. The van der Waals surface area contributed by atoms with Gasteiger partial charge in [0, 0.05) is 37.7 Å². The summed E-state index contributed by atoms with van der Waals surface area (Å²) in [6.45, 7) is 2.94. The molecule has 116 valence electrons. The standard InChI is InChI=1S/C13H18N2O4S2/c16-13(17)11-2-1-3-12(10-11)21(18,19)14-4-5-15-6-8-20-9-7-15/h1-3,10,14H,4-9H2,(H,16,17). The molecular weight excluding hydrogens is 312 g/mol. The lowest BCUT2D eigenvalue weighted by atomic mass is 10.2. The molecule has 6 nitrogen and oxygen atoms in total. The molecule has 8 heteroatoms. The van der Waals surface area contributed by atoms with Crippen molar-refractivity contribution in [2.45, 2.75) is 4.90 Å². The molecule has 1 aromatic rings. The van der Waals surface area contributed by atoms with E-state index < -0.39 is 16.0 Å². The van der Waals surface area contributed by atoms with Crippen molar-refractivity contribution in [3.05, 3.63) is 29.8 Å². The molecular formula is C13H18N2O4S2. The van der Waals surface area contributed by atoms with Gasteiger partial charge in [-0.2, -0.15) is 11.8 Å². The van der Waals surface area contributed by atoms with Gasteiger partial charge in [0.15, 0.2) is 0 Å². The topological polar surface area (TPSA) is 86.7 Å². The third-order valence-electron chi connectivity index (χ3n) is 3.22. The summed E-state index contributed by atoms with van der Waals surface area (Å²) < 4.78 is 26.8. The van der Waals surface area contributed by atoms with Crippen molar-refractivity contribution < 1.29 is 18.3 Å². The second kappa shape index (κ2) is 7.26. The minimum Gasteiger partial charge on any atom is -0.478 e. The lowest BCUT2D eigenvalue weighted by molar-refractivity contribution is 0.0696. The summed E-state index contributed by atoms with van der Waals surface area (Å²) in [5.41, 5.74) is -0.0362. The van der Waals surface area contributed by atoms with Gasteiger partial charge in [0.2, 0.25) is 10.0 Å². The van der Waals surface area contributed by atoms with Crippen LogP contribution in [0.2, 0.25) is 0 Å². The molecule has 0 aliphatic carbocycles. The predicted molar refractivity (Wildman–Crippen MR) is 82.4 cm³/mol. The Morgan fingerprint density at radius 1 is 1.33 bits per heavy atom. The molecule has 0 unspecified atom stereocenters. The van der Waals surface area contributed by atoms with E-state index in [1.165, 1.54) is 24.3 Å². The normalized spacial score (nSPS) is 16.8. The van der Waals surface area contributed by atoms with Crippen molar-refractivity contribution in [2.75, 3.05) is 37.7 Å². The first-order valence-electron chi connectivity index (χ1n) is 6.62. The van der Waals surface area contributed by atoms with Crippen LogP contribution in [0.4, 0.5) is 0 Å². The first-order valence-corrected chi connectivity index (χ1v) is 9.26. The van der Waals surface area contributed by atoms with E-state index in [1.54, 1.807) is 0 Å². The van der Waals surface area contributed by atoms with Crippen LogP contribution in [0.5, 0.6) is 0 Å². The number of hydrogen-bond acceptors (Lipinski definition) is 5. The van der Waals surface area contributed by atoms with Crippen LogP contribution in [0, 0.1) is 0 Å². The fourth-order valence-electron chi connectivity index (χ4n) is 2.04. The van der Waals surface area contributed by atoms with Crippen LogP contribution in [-0.2, 0) is 10.0 Å². The lowest BCUT2D eigenvalue weighted by Crippen LogP contribution is -2.39. The molecule has 1 aliphatic rings. The van der Waals surface area contributed by atoms with Crippen LogP contribution in [0.15, 0.2) is 29.2 Å². The SMILES string of the molecule is O=C(O)c1cccc(S(=O)(=O)NCCN2CCSCC2)c1. The first kappa shape index (κ1) is 16.3. The number of sulfonamides is 1. The van der Waals surface area contributed by atoms with Gasteiger partial charge >= 0.3 is 5.97 Å². The summed E-state index contributed by atoms with van der Waals surface area (Å²) in [6.07, 6.45) is 0. The van der Waals surface area contributed by atoms with Crippen LogP contribution in [0.25, 0.3) is 0 Å². The maximum Gasteiger partial charge on any atom is 0.335 e. The van der Waals surface area contributed by atoms with Gasteiger partial charge < -0.3 is 10.0 Å². The number of carboxylic acids is 1. The highest BCUT2D eigenvalue weighted by atomic mass is 32.2. The molecule has 0 aromatic heterocycles. The zero-order valence-electron chi connectivity index (χ0n) is 11.5. The van der Waals surface area contributed by atoms with Crippen LogP contribution >= 0.6 is 11.8 Å². The van der Waals surface area contributed by atoms with Crippen LogP contribution in [0.1, 0.15) is 10.4 Å². The molecule has 0 atom stereocenters. The van der Waals surface area contributed by atoms with E-state index in [9.17, 15) is 13.2 Å². The number of rotatable bonds is 6. The molecule has 21 heavy (non-hydrogen) atoms. The molecule has 2 rings (SSSR count). The monoisotopic (exact) mass is 330 g/mol. The third-order valence-corrected chi connectivity index (χ3v) is 5.62. The maximum absolute atomic E-state index is 12.1. The molecule has 1 fully saturated rings. The number of carbonyl (C=O) groups is 1. The Balaban J connectivity index is 1.94. The Morgan fingerprint density at radius 2 is 2.05 bits per heavy atom. The van der Waals surface area contributed by atoms with E-state index in [0.29, 0.717) is 13.1 Å². The van der Waals surface area contributed by atoms with Crippen molar-refractivity contribution in [1.82, 2.24) is 9.62 Å². The number of carboxylic acid groups (broad SMARTS) is 1. The molecule has 0 amide bonds. The Morgan fingerprint density at radius 3 is 2.71 bits per heavy atom. The first-order chi connectivity index (χ1) is 9.99. The van der Waals surface area contributed by atoms with E-state index in [2.05, 4.69) is 9.62 Å². The zero-order chi connectivity index (χ0) is 15.3. The number of nitrogens with one attached hydrogen (secondary N) is 1. The molecule has 2 N–H and O–H groups in total. The number of benzene rings is 1. The fourth-order valence-corrected chi connectivity index (χ4v) is 4.09. The number of nitrogens with zero attached hydrogens (tertiary/aromatic N) is 1. The summed E-state index contributed by atoms with van der Waals surface area (Å²) in [7, 11) is -3.66. The number of aromatic carboxylic acids is 1. The highest BCUT2D eigenvalue weighted by molar-refractivity contribution is 7.99. The Kier molecular flexibility index (Phi) is 5.63. The quantitative estimate of drug-likeness (QED) is 0.799. The minimum atomic E-state index is -3.66. The van der Waals surface area contributed by atoms with Crippen molar-refractivity contribution >= 4 is 27.8 Å². The maximum atomic E-state index is 12.1. The Bertz CT molecular complexity index is 598. The summed E-state index contributed by atoms with van der Waals surface area (Å²) in [6, 6.07) is 5.36. The van der Waals surface area contributed by atoms with E-state index in [0.717, 1.165) is 24.6 Å². The fraction of sp³-hybridized carbons (Fsp3) is 0.462. The highest BCUT2D eigenvalue weighted by Crippen LogP contribution is 2.12. The van der Waals surface area contributed by atoms with E-state index in [4.69, 9.17) is 5.11 Å². The molecule has 0 saturated carbocycles. The van der Waals surface area contributed by atoms with E-state index in [1.807, 2.05) is 11.8 Å². The van der Waals surface area contributed by atoms with Gasteiger partial charge in [-0.3, -0.25) is 0 Å². The number of hydrogen-bond donors (Lipinski definition) is 2. The number of thioether (sulfide) groups is 1. The van der Waals surface area contributed by atoms with Gasteiger partial charge in [0.05, 0.1) is 10.5 Å². The summed E-state index contributed by atoms with van der Waals surface area (Å²) in [4.78, 5) is 13.1. The summed E-state index contributed by atoms with van der Waals surface area (Å²) >= 11 is 1.90. The average molecular weight is 330 g/mol. The van der Waals surface area contributed by atoms with Crippen molar-refractivity contribution in [2.24, 2.45) is 0 Å². The van der Waals surface area contributed by atoms with Gasteiger partial charge in [-0.1, -0.05) is 6.07 Å². The zero-order valence-corrected chi connectivity index (χ0v) is 13.1. The van der Waals surface area contributed by atoms with Crippen LogP contribution in [0.3, 0.4) is 0 Å². The van der Waals surface area contributed by atoms with Crippen LogP contribution < -0.4 is 4.72 Å². The smallest absolute Gasteiger partial charge is 0.335 e. The molecule has 0 radical (unpaired) electrons. The van der Waals surface area contributed by atoms with Crippen molar-refractivity contribution in [3.8, 4) is 0 Å². The molecule has 0 bridgehead atoms. The summed E-state index contributed by atoms with van der Waals surface area (Å²) in [5.74, 6) is 1.01. The highest BCUT2D eigenvalue weighted by Gasteiger charge is 2.17. The molecule has 1 heterocycles. The van der Waals surface area contributed by atoms with Gasteiger partial charge in [0.1, 0.15) is 0 Å². The minimum absolute atomic E-state index is 0.0170. The molecule has 1 saturated heterocycles. The van der Waals surface area contributed by atoms with E-state index >= 15 is 0 Å². The Labute approximate surface area is 128 Å². The average Bonchev–Trinajstić information content (AvgIpc) is 2.48. The van der Waals surface area contributed by atoms with Gasteiger partial charge in [-0.15, -0.1) is 0 Å². The molecule has 0 spiro atoms. The van der Waals surface area contributed by atoms with Gasteiger partial charge in [-0.05, 0) is 18.2 Å². The van der Waals surface area contributed by atoms with Crippen molar-refractivity contribution in [3.63, 3.8) is 0 Å². The predicted octanol–water partition coefficient (Wildman–Crippen LogP) is 0.712. The van der Waals surface area contributed by atoms with Crippen molar-refractivity contribution in [1.29, 1.82) is 0 Å². The third kappa shape index (κ3) is 4.70.